The number of amides is 2. The lowest BCUT2D eigenvalue weighted by Crippen LogP contribution is -2.27. The second-order valence-corrected chi connectivity index (χ2v) is 7.73. The van der Waals surface area contributed by atoms with Crippen LogP contribution in [0.2, 0.25) is 10.3 Å². The average molecular weight is 462 g/mol. The third kappa shape index (κ3) is 4.30. The minimum atomic E-state index is -0.770. The van der Waals surface area contributed by atoms with E-state index in [1.54, 1.807) is 54.6 Å². The van der Waals surface area contributed by atoms with Crippen molar-refractivity contribution < 1.29 is 18.7 Å². The number of nitrogens with zero attached hydrogens (tertiary/aromatic N) is 3. The normalized spacial score (nSPS) is 15.2. The van der Waals surface area contributed by atoms with Crippen molar-refractivity contribution in [2.24, 2.45) is 0 Å². The molecule has 0 aliphatic carbocycles. The van der Waals surface area contributed by atoms with E-state index in [9.17, 15) is 14.0 Å². The van der Waals surface area contributed by atoms with Crippen molar-refractivity contribution in [2.75, 3.05) is 4.90 Å². The highest BCUT2D eigenvalue weighted by Crippen LogP contribution is 2.36. The van der Waals surface area contributed by atoms with Crippen LogP contribution in [0.15, 0.2) is 59.6 Å². The summed E-state index contributed by atoms with van der Waals surface area (Å²) in [5, 5.41) is -0.0726. The molecule has 1 fully saturated rings. The minimum absolute atomic E-state index is 0.154. The van der Waals surface area contributed by atoms with Crippen LogP contribution >= 0.6 is 35.0 Å². The molecule has 150 valence electrons. The molecule has 1 saturated heterocycles. The minimum Gasteiger partial charge on any atom is -0.436 e. The molecule has 0 spiro atoms. The van der Waals surface area contributed by atoms with Crippen LogP contribution in [-0.4, -0.2) is 21.1 Å². The molecule has 1 aliphatic rings. The zero-order valence-electron chi connectivity index (χ0n) is 14.9. The first-order valence-electron chi connectivity index (χ1n) is 8.40. The van der Waals surface area contributed by atoms with Crippen molar-refractivity contribution in [1.82, 2.24) is 9.97 Å². The Kier molecular flexibility index (Phi) is 5.72. The van der Waals surface area contributed by atoms with Gasteiger partial charge in [-0.2, -0.15) is 9.37 Å². The van der Waals surface area contributed by atoms with Gasteiger partial charge in [0.2, 0.25) is 11.1 Å². The number of imide groups is 1. The van der Waals surface area contributed by atoms with Crippen molar-refractivity contribution in [2.45, 2.75) is 0 Å². The SMILES string of the molecule is O=C1S/C(=C\c2cccc(Oc3nc(Cl)ncc3F)c2)C(=O)N1c1ccc(Cl)cc1. The van der Waals surface area contributed by atoms with E-state index in [2.05, 4.69) is 9.97 Å². The Bertz CT molecular complexity index is 1190. The summed E-state index contributed by atoms with van der Waals surface area (Å²) in [6.45, 7) is 0. The van der Waals surface area contributed by atoms with Crippen LogP contribution in [0.1, 0.15) is 5.56 Å². The predicted octanol–water partition coefficient (Wildman–Crippen LogP) is 5.96. The van der Waals surface area contributed by atoms with E-state index in [0.29, 0.717) is 16.3 Å². The molecule has 1 aliphatic heterocycles. The van der Waals surface area contributed by atoms with Gasteiger partial charge >= 0.3 is 0 Å². The van der Waals surface area contributed by atoms with E-state index < -0.39 is 17.0 Å². The fourth-order valence-corrected chi connectivity index (χ4v) is 3.71. The van der Waals surface area contributed by atoms with Gasteiger partial charge in [0.15, 0.2) is 0 Å². The van der Waals surface area contributed by atoms with Crippen molar-refractivity contribution in [1.29, 1.82) is 0 Å². The molecule has 2 heterocycles. The largest absolute Gasteiger partial charge is 0.436 e. The molecule has 0 saturated carbocycles. The average Bonchev–Trinajstić information content (AvgIpc) is 2.99. The Balaban J connectivity index is 1.58. The summed E-state index contributed by atoms with van der Waals surface area (Å²) >= 11 is 12.3. The van der Waals surface area contributed by atoms with E-state index in [1.165, 1.54) is 0 Å². The van der Waals surface area contributed by atoms with Gasteiger partial charge in [0, 0.05) is 5.02 Å². The summed E-state index contributed by atoms with van der Waals surface area (Å²) in [6.07, 6.45) is 2.46. The molecule has 2 aromatic carbocycles. The zero-order valence-corrected chi connectivity index (χ0v) is 17.2. The Hall–Kier alpha value is -2.94. The first kappa shape index (κ1) is 20.3. The third-order valence-electron chi connectivity index (χ3n) is 3.93. The van der Waals surface area contributed by atoms with Crippen LogP contribution in [0.4, 0.5) is 14.9 Å². The van der Waals surface area contributed by atoms with Crippen molar-refractivity contribution in [3.05, 3.63) is 81.3 Å². The van der Waals surface area contributed by atoms with E-state index in [4.69, 9.17) is 27.9 Å². The van der Waals surface area contributed by atoms with Crippen LogP contribution in [0.5, 0.6) is 11.6 Å². The summed E-state index contributed by atoms with van der Waals surface area (Å²) in [6, 6.07) is 12.9. The number of aromatic nitrogens is 2. The van der Waals surface area contributed by atoms with Gasteiger partial charge < -0.3 is 4.74 Å². The summed E-state index contributed by atoms with van der Waals surface area (Å²) in [7, 11) is 0. The van der Waals surface area contributed by atoms with Gasteiger partial charge in [-0.15, -0.1) is 0 Å². The number of hydrogen-bond donors (Lipinski definition) is 0. The van der Waals surface area contributed by atoms with Gasteiger partial charge in [0.1, 0.15) is 5.75 Å². The molecule has 0 atom stereocenters. The number of thioether (sulfide) groups is 1. The van der Waals surface area contributed by atoms with E-state index in [1.807, 2.05) is 0 Å². The molecule has 0 bridgehead atoms. The second kappa shape index (κ2) is 8.43. The molecular weight excluding hydrogens is 452 g/mol. The van der Waals surface area contributed by atoms with Crippen molar-refractivity contribution in [3.8, 4) is 11.6 Å². The van der Waals surface area contributed by atoms with Crippen LogP contribution in [0.25, 0.3) is 6.08 Å². The van der Waals surface area contributed by atoms with Crippen LogP contribution in [0.3, 0.4) is 0 Å². The Morgan fingerprint density at radius 3 is 2.63 bits per heavy atom. The monoisotopic (exact) mass is 461 g/mol. The number of hydrogen-bond acceptors (Lipinski definition) is 6. The maximum Gasteiger partial charge on any atom is 0.298 e. The molecule has 2 amide bonds. The van der Waals surface area contributed by atoms with Crippen molar-refractivity contribution >= 4 is 57.9 Å². The van der Waals surface area contributed by atoms with Crippen LogP contribution in [-0.2, 0) is 4.79 Å². The van der Waals surface area contributed by atoms with Crippen molar-refractivity contribution in [3.63, 3.8) is 0 Å². The fourth-order valence-electron chi connectivity index (χ4n) is 2.61. The number of halogens is 3. The zero-order chi connectivity index (χ0) is 21.3. The highest BCUT2D eigenvalue weighted by atomic mass is 35.5. The predicted molar refractivity (Wildman–Crippen MR) is 113 cm³/mol. The molecule has 10 heteroatoms. The highest BCUT2D eigenvalue weighted by Gasteiger charge is 2.36. The van der Waals surface area contributed by atoms with Gasteiger partial charge in [-0.1, -0.05) is 23.7 Å². The summed E-state index contributed by atoms with van der Waals surface area (Å²) in [4.78, 5) is 33.6. The third-order valence-corrected chi connectivity index (χ3v) is 5.24. The molecule has 4 rings (SSSR count). The molecular formula is C20H10Cl2FN3O3S. The first-order chi connectivity index (χ1) is 14.4. The lowest BCUT2D eigenvalue weighted by Gasteiger charge is -2.12. The van der Waals surface area contributed by atoms with Crippen LogP contribution in [0, 0.1) is 5.82 Å². The molecule has 6 nitrogen and oxygen atoms in total. The van der Waals surface area contributed by atoms with E-state index in [-0.39, 0.29) is 21.8 Å². The van der Waals surface area contributed by atoms with Crippen LogP contribution < -0.4 is 9.64 Å². The summed E-state index contributed by atoms with van der Waals surface area (Å²) in [5.41, 5.74) is 1.01. The number of benzene rings is 2. The Morgan fingerprint density at radius 1 is 1.10 bits per heavy atom. The van der Waals surface area contributed by atoms with E-state index in [0.717, 1.165) is 22.9 Å². The number of rotatable bonds is 4. The number of carbonyl (C=O) groups is 2. The maximum absolute atomic E-state index is 13.8. The van der Waals surface area contributed by atoms with Gasteiger partial charge in [-0.3, -0.25) is 9.59 Å². The molecule has 30 heavy (non-hydrogen) atoms. The van der Waals surface area contributed by atoms with E-state index >= 15 is 0 Å². The Morgan fingerprint density at radius 2 is 1.87 bits per heavy atom. The fraction of sp³-hybridized carbons (Fsp3) is 0. The molecule has 0 N–H and O–H groups in total. The second-order valence-electron chi connectivity index (χ2n) is 5.96. The molecule has 0 radical (unpaired) electrons. The molecule has 3 aromatic rings. The van der Waals surface area contributed by atoms with Gasteiger partial charge in [-0.25, -0.2) is 9.88 Å². The van der Waals surface area contributed by atoms with Gasteiger partial charge in [0.25, 0.3) is 17.0 Å². The topological polar surface area (TPSA) is 72.4 Å². The first-order valence-corrected chi connectivity index (χ1v) is 9.97. The number of anilines is 1. The maximum atomic E-state index is 13.8. The number of carbonyl (C=O) groups excluding carboxylic acids is 2. The quantitative estimate of drug-likeness (QED) is 0.352. The summed E-state index contributed by atoms with van der Waals surface area (Å²) in [5.74, 6) is -1.27. The smallest absolute Gasteiger partial charge is 0.298 e. The van der Waals surface area contributed by atoms with Gasteiger partial charge in [-0.05, 0) is 71.4 Å². The Labute approximate surface area is 184 Å². The van der Waals surface area contributed by atoms with Gasteiger partial charge in [0.05, 0.1) is 16.8 Å². The standard InChI is InChI=1S/C20H10Cl2FN3O3S/c21-12-4-6-13(7-5-12)26-18(27)16(30-20(26)28)9-11-2-1-3-14(8-11)29-17-15(23)10-24-19(22)25-17/h1-10H/b16-9-. The molecule has 0 unspecified atom stereocenters. The number of ether oxygens (including phenoxy) is 1. The lowest BCUT2D eigenvalue weighted by molar-refractivity contribution is -0.113. The summed E-state index contributed by atoms with van der Waals surface area (Å²) < 4.78 is 19.2. The molecule has 1 aromatic heterocycles. The highest BCUT2D eigenvalue weighted by molar-refractivity contribution is 8.19. The lowest BCUT2D eigenvalue weighted by atomic mass is 10.2.